The molecule has 0 aromatic heterocycles. The molecule has 4 nitrogen and oxygen atoms in total. The first-order chi connectivity index (χ1) is 9.67. The summed E-state index contributed by atoms with van der Waals surface area (Å²) in [7, 11) is 1.79. The van der Waals surface area contributed by atoms with Gasteiger partial charge in [0.15, 0.2) is 0 Å². The number of benzene rings is 1. The Balaban J connectivity index is 2.49. The first kappa shape index (κ1) is 16.2. The molecule has 0 heterocycles. The maximum absolute atomic E-state index is 11.8. The third-order valence-electron chi connectivity index (χ3n) is 2.78. The van der Waals surface area contributed by atoms with Crippen LogP contribution >= 0.6 is 0 Å². The van der Waals surface area contributed by atoms with Gasteiger partial charge in [0, 0.05) is 25.8 Å². The van der Waals surface area contributed by atoms with Crippen LogP contribution in [0.2, 0.25) is 0 Å². The standard InChI is InChI=1S/C16H21NO3/c1-3-20-12-10-16(19)17(2)13-15-8-6-14(7-9-15)5-4-11-18/h6-9,18H,3,10-13H2,1-2H3. The molecular formula is C16H21NO3. The lowest BCUT2D eigenvalue weighted by Gasteiger charge is -2.17. The second-order valence-electron chi connectivity index (χ2n) is 4.35. The van der Waals surface area contributed by atoms with Gasteiger partial charge in [-0.3, -0.25) is 4.79 Å². The molecule has 1 N–H and O–H groups in total. The Morgan fingerprint density at radius 1 is 1.35 bits per heavy atom. The van der Waals surface area contributed by atoms with Crippen LogP contribution < -0.4 is 0 Å². The molecule has 0 aliphatic carbocycles. The highest BCUT2D eigenvalue weighted by molar-refractivity contribution is 5.75. The van der Waals surface area contributed by atoms with Gasteiger partial charge < -0.3 is 14.7 Å². The van der Waals surface area contributed by atoms with Gasteiger partial charge in [-0.2, -0.15) is 0 Å². The van der Waals surface area contributed by atoms with E-state index in [2.05, 4.69) is 11.8 Å². The van der Waals surface area contributed by atoms with Gasteiger partial charge in [0.2, 0.25) is 5.91 Å². The van der Waals surface area contributed by atoms with E-state index < -0.39 is 0 Å². The average Bonchev–Trinajstić information content (AvgIpc) is 2.46. The van der Waals surface area contributed by atoms with E-state index in [1.165, 1.54) is 0 Å². The minimum Gasteiger partial charge on any atom is -0.384 e. The van der Waals surface area contributed by atoms with Crippen LogP contribution in [0.3, 0.4) is 0 Å². The topological polar surface area (TPSA) is 49.8 Å². The predicted molar refractivity (Wildman–Crippen MR) is 78.0 cm³/mol. The van der Waals surface area contributed by atoms with Crippen molar-refractivity contribution in [3.63, 3.8) is 0 Å². The third-order valence-corrected chi connectivity index (χ3v) is 2.78. The molecular weight excluding hydrogens is 254 g/mol. The number of carbonyl (C=O) groups is 1. The van der Waals surface area contributed by atoms with Gasteiger partial charge in [-0.1, -0.05) is 24.0 Å². The molecule has 0 saturated heterocycles. The van der Waals surface area contributed by atoms with Crippen LogP contribution in [0.1, 0.15) is 24.5 Å². The third kappa shape index (κ3) is 5.87. The SMILES string of the molecule is CCOCCC(=O)N(C)Cc1ccc(C#CCO)cc1. The van der Waals surface area contributed by atoms with E-state index in [1.807, 2.05) is 31.2 Å². The number of aliphatic hydroxyl groups excluding tert-OH is 1. The lowest BCUT2D eigenvalue weighted by atomic mass is 10.1. The molecule has 1 amide bonds. The maximum Gasteiger partial charge on any atom is 0.224 e. The quantitative estimate of drug-likeness (QED) is 0.631. The zero-order chi connectivity index (χ0) is 14.8. The van der Waals surface area contributed by atoms with Crippen molar-refractivity contribution in [2.45, 2.75) is 19.9 Å². The number of carbonyl (C=O) groups excluding carboxylic acids is 1. The molecule has 0 fully saturated rings. The molecule has 1 aromatic carbocycles. The Morgan fingerprint density at radius 2 is 2.05 bits per heavy atom. The molecule has 4 heteroatoms. The number of aliphatic hydroxyl groups is 1. The van der Waals surface area contributed by atoms with Crippen LogP contribution in [0.15, 0.2) is 24.3 Å². The molecule has 1 rings (SSSR count). The molecule has 0 saturated carbocycles. The molecule has 0 atom stereocenters. The molecule has 108 valence electrons. The highest BCUT2D eigenvalue weighted by Crippen LogP contribution is 2.07. The summed E-state index contributed by atoms with van der Waals surface area (Å²) in [5, 5.41) is 8.62. The Morgan fingerprint density at radius 3 is 2.65 bits per heavy atom. The summed E-state index contributed by atoms with van der Waals surface area (Å²) in [6.45, 7) is 3.44. The highest BCUT2D eigenvalue weighted by atomic mass is 16.5. The zero-order valence-electron chi connectivity index (χ0n) is 12.1. The van der Waals surface area contributed by atoms with Crippen LogP contribution in [0.5, 0.6) is 0 Å². The maximum atomic E-state index is 11.8. The molecule has 20 heavy (non-hydrogen) atoms. The summed E-state index contributed by atoms with van der Waals surface area (Å²) in [6.07, 6.45) is 0.407. The van der Waals surface area contributed by atoms with E-state index in [9.17, 15) is 4.79 Å². The average molecular weight is 275 g/mol. The lowest BCUT2D eigenvalue weighted by Crippen LogP contribution is -2.27. The van der Waals surface area contributed by atoms with Crippen LogP contribution in [0.25, 0.3) is 0 Å². The van der Waals surface area contributed by atoms with E-state index in [-0.39, 0.29) is 12.5 Å². The summed E-state index contributed by atoms with van der Waals surface area (Å²) in [4.78, 5) is 13.5. The zero-order valence-corrected chi connectivity index (χ0v) is 12.1. The number of ether oxygens (including phenoxy) is 1. The van der Waals surface area contributed by atoms with Gasteiger partial charge in [0.1, 0.15) is 6.61 Å². The minimum atomic E-state index is -0.140. The Bertz CT molecular complexity index is 471. The number of nitrogens with zero attached hydrogens (tertiary/aromatic N) is 1. The van der Waals surface area contributed by atoms with Gasteiger partial charge in [-0.05, 0) is 24.6 Å². The van der Waals surface area contributed by atoms with Crippen molar-refractivity contribution < 1.29 is 14.6 Å². The molecule has 0 aliphatic rings. The van der Waals surface area contributed by atoms with Gasteiger partial charge in [-0.15, -0.1) is 0 Å². The monoisotopic (exact) mass is 275 g/mol. The van der Waals surface area contributed by atoms with E-state index in [0.29, 0.717) is 26.2 Å². The first-order valence-electron chi connectivity index (χ1n) is 6.67. The van der Waals surface area contributed by atoms with Crippen LogP contribution in [-0.4, -0.2) is 42.8 Å². The highest BCUT2D eigenvalue weighted by Gasteiger charge is 2.08. The van der Waals surface area contributed by atoms with E-state index in [1.54, 1.807) is 11.9 Å². The molecule has 1 aromatic rings. The van der Waals surface area contributed by atoms with Crippen molar-refractivity contribution in [2.24, 2.45) is 0 Å². The van der Waals surface area contributed by atoms with Crippen molar-refractivity contribution in [3.05, 3.63) is 35.4 Å². The Hall–Kier alpha value is -1.83. The second-order valence-corrected chi connectivity index (χ2v) is 4.35. The largest absolute Gasteiger partial charge is 0.384 e. The van der Waals surface area contributed by atoms with E-state index in [4.69, 9.17) is 9.84 Å². The molecule has 0 spiro atoms. The predicted octanol–water partition coefficient (Wildman–Crippen LogP) is 1.42. The van der Waals surface area contributed by atoms with Crippen LogP contribution in [-0.2, 0) is 16.1 Å². The van der Waals surface area contributed by atoms with Crippen molar-refractivity contribution >= 4 is 5.91 Å². The van der Waals surface area contributed by atoms with Crippen LogP contribution in [0.4, 0.5) is 0 Å². The fourth-order valence-corrected chi connectivity index (χ4v) is 1.69. The fraction of sp³-hybridized carbons (Fsp3) is 0.438. The summed E-state index contributed by atoms with van der Waals surface area (Å²) < 4.78 is 5.17. The van der Waals surface area contributed by atoms with Gasteiger partial charge >= 0.3 is 0 Å². The molecule has 0 radical (unpaired) electrons. The number of hydrogen-bond acceptors (Lipinski definition) is 3. The van der Waals surface area contributed by atoms with Gasteiger partial charge in [-0.25, -0.2) is 0 Å². The first-order valence-corrected chi connectivity index (χ1v) is 6.67. The van der Waals surface area contributed by atoms with Gasteiger partial charge in [0.05, 0.1) is 13.0 Å². The second kappa shape index (κ2) is 9.13. The molecule has 0 unspecified atom stereocenters. The van der Waals surface area contributed by atoms with Crippen molar-refractivity contribution in [2.75, 3.05) is 26.9 Å². The smallest absolute Gasteiger partial charge is 0.224 e. The fourth-order valence-electron chi connectivity index (χ4n) is 1.69. The van der Waals surface area contributed by atoms with Crippen molar-refractivity contribution in [1.29, 1.82) is 0 Å². The van der Waals surface area contributed by atoms with Crippen molar-refractivity contribution in [1.82, 2.24) is 4.90 Å². The number of hydrogen-bond donors (Lipinski definition) is 1. The van der Waals surface area contributed by atoms with Crippen molar-refractivity contribution in [3.8, 4) is 11.8 Å². The summed E-state index contributed by atoms with van der Waals surface area (Å²) in [5.41, 5.74) is 1.90. The summed E-state index contributed by atoms with van der Waals surface area (Å²) >= 11 is 0. The molecule has 0 aliphatic heterocycles. The Kier molecular flexibility index (Phi) is 7.41. The number of amides is 1. The normalized spacial score (nSPS) is 9.75. The minimum absolute atomic E-state index is 0.0719. The van der Waals surface area contributed by atoms with Gasteiger partial charge in [0.25, 0.3) is 0 Å². The lowest BCUT2D eigenvalue weighted by molar-refractivity contribution is -0.131. The van der Waals surface area contributed by atoms with E-state index in [0.717, 1.165) is 11.1 Å². The van der Waals surface area contributed by atoms with E-state index >= 15 is 0 Å². The summed E-state index contributed by atoms with van der Waals surface area (Å²) in [6, 6.07) is 7.65. The summed E-state index contributed by atoms with van der Waals surface area (Å²) in [5.74, 6) is 5.51. The Labute approximate surface area is 120 Å². The number of rotatable bonds is 6. The molecule has 0 bridgehead atoms. The van der Waals surface area contributed by atoms with Crippen LogP contribution in [0, 0.1) is 11.8 Å².